The molecule has 2 aliphatic heterocycles. The number of hydrogen-bond acceptors (Lipinski definition) is 26. The first-order chi connectivity index (χ1) is 50.1. The predicted molar refractivity (Wildman–Crippen MR) is 387 cm³/mol. The molecule has 34 heteroatoms. The average molecular weight is 1530 g/mol. The van der Waals surface area contributed by atoms with Gasteiger partial charge in [0.2, 0.25) is 53.2 Å². The van der Waals surface area contributed by atoms with Crippen LogP contribution in [-0.2, 0) is 114 Å². The minimum atomic E-state index is -1.53. The topological polar surface area (TPSA) is 374 Å². The third-order valence-electron chi connectivity index (χ3n) is 15.7. The SMILES string of the molecule is CC1CC(=O)N(CCC(=O)NCCCC[C@H](NC(=O)CCN2C(=O)CC(C)C2=O)C(=O)CCCCCCCNC(=O)CCSSCCNC(=O)CCOCCOCCOCCOCCOCCOCCOCCOCCOCCOCCOCCOCCC(=O)NCCCCCCO[P+](C)=O)C1=O. The third-order valence-corrected chi connectivity index (χ3v) is 18.6. The van der Waals surface area contributed by atoms with Crippen molar-refractivity contribution in [2.45, 2.75) is 148 Å². The zero-order chi connectivity index (χ0) is 74.9. The van der Waals surface area contributed by atoms with E-state index in [2.05, 4.69) is 26.6 Å². The summed E-state index contributed by atoms with van der Waals surface area (Å²) in [6, 6.07) is -0.765. The quantitative estimate of drug-likeness (QED) is 0.0245. The van der Waals surface area contributed by atoms with Crippen molar-refractivity contribution in [3.8, 4) is 0 Å². The molecule has 0 aromatic carbocycles. The van der Waals surface area contributed by atoms with E-state index in [9.17, 15) is 52.5 Å². The molecule has 2 fully saturated rings. The highest BCUT2D eigenvalue weighted by Crippen LogP contribution is 2.22. The lowest BCUT2D eigenvalue weighted by Gasteiger charge is -2.19. The fourth-order valence-corrected chi connectivity index (χ4v) is 12.2. The van der Waals surface area contributed by atoms with E-state index in [1.165, 1.54) is 0 Å². The van der Waals surface area contributed by atoms with Crippen molar-refractivity contribution >= 4 is 88.6 Å². The molecule has 0 saturated carbocycles. The summed E-state index contributed by atoms with van der Waals surface area (Å²) >= 11 is 0. The van der Waals surface area contributed by atoms with Crippen LogP contribution in [0.1, 0.15) is 142 Å². The molecule has 0 aromatic heterocycles. The van der Waals surface area contributed by atoms with Crippen LogP contribution in [0.25, 0.3) is 0 Å². The van der Waals surface area contributed by atoms with Crippen molar-refractivity contribution in [1.82, 2.24) is 36.4 Å². The molecule has 0 aliphatic carbocycles. The van der Waals surface area contributed by atoms with Crippen LogP contribution in [0.15, 0.2) is 0 Å². The lowest BCUT2D eigenvalue weighted by atomic mass is 9.99. The van der Waals surface area contributed by atoms with E-state index in [-0.39, 0.29) is 117 Å². The number of carbonyl (C=O) groups excluding carboxylic acids is 10. The van der Waals surface area contributed by atoms with Crippen LogP contribution in [0.4, 0.5) is 0 Å². The normalized spacial score (nSPS) is 15.0. The molecule has 0 spiro atoms. The Balaban J connectivity index is 1.27. The Morgan fingerprint density at radius 3 is 1.09 bits per heavy atom. The maximum absolute atomic E-state index is 13.4. The zero-order valence-corrected chi connectivity index (χ0v) is 64.2. The molecular weight excluding hydrogens is 1410 g/mol. The van der Waals surface area contributed by atoms with Crippen molar-refractivity contribution < 1.29 is 114 Å². The van der Waals surface area contributed by atoms with Gasteiger partial charge < -0.3 is 83.4 Å². The lowest BCUT2D eigenvalue weighted by Crippen LogP contribution is -2.42. The summed E-state index contributed by atoms with van der Waals surface area (Å²) < 4.78 is 82.1. The molecule has 0 radical (unpaired) electrons. The molecule has 5 N–H and O–H groups in total. The molecule has 4 atom stereocenters. The second-order valence-corrected chi connectivity index (χ2v) is 28.2. The number of Topliss-reactive ketones (excluding diaryl/α,β-unsaturated/α-hetero) is 1. The second kappa shape index (κ2) is 67.0. The fraction of sp³-hybridized carbons (Fsp3) is 0.855. The van der Waals surface area contributed by atoms with E-state index >= 15 is 0 Å². The van der Waals surface area contributed by atoms with Crippen molar-refractivity contribution in [1.29, 1.82) is 0 Å². The van der Waals surface area contributed by atoms with Gasteiger partial charge in [0.15, 0.2) is 12.4 Å². The second-order valence-electron chi connectivity index (χ2n) is 24.4. The van der Waals surface area contributed by atoms with Gasteiger partial charge in [-0.3, -0.25) is 57.7 Å². The summed E-state index contributed by atoms with van der Waals surface area (Å²) in [5, 5.41) is 14.3. The van der Waals surface area contributed by atoms with Crippen LogP contribution in [0.5, 0.6) is 0 Å². The highest BCUT2D eigenvalue weighted by molar-refractivity contribution is 8.76. The summed E-state index contributed by atoms with van der Waals surface area (Å²) in [6.07, 6.45) is 10.4. The van der Waals surface area contributed by atoms with Gasteiger partial charge >= 0.3 is 8.03 Å². The Hall–Kier alpha value is -4.42. The van der Waals surface area contributed by atoms with Crippen LogP contribution < -0.4 is 26.6 Å². The zero-order valence-electron chi connectivity index (χ0n) is 61.7. The van der Waals surface area contributed by atoms with Gasteiger partial charge in [-0.2, -0.15) is 0 Å². The Morgan fingerprint density at radius 1 is 0.379 bits per heavy atom. The van der Waals surface area contributed by atoms with Crippen LogP contribution in [0.3, 0.4) is 0 Å². The number of likely N-dealkylation sites (tertiary alicyclic amines) is 2. The van der Waals surface area contributed by atoms with Crippen molar-refractivity contribution in [2.75, 3.05) is 223 Å². The molecular formula is C69H123N7O24PS2+. The Kier molecular flexibility index (Phi) is 61.5. The van der Waals surface area contributed by atoms with E-state index in [4.69, 9.17) is 61.4 Å². The molecule has 0 bridgehead atoms. The maximum atomic E-state index is 13.4. The number of imide groups is 2. The number of carbonyl (C=O) groups is 10. The average Bonchev–Trinajstić information content (AvgIpc) is 1.71. The highest BCUT2D eigenvalue weighted by Gasteiger charge is 2.36. The van der Waals surface area contributed by atoms with E-state index in [0.29, 0.717) is 235 Å². The highest BCUT2D eigenvalue weighted by atomic mass is 33.1. The number of rotatable bonds is 75. The lowest BCUT2D eigenvalue weighted by molar-refractivity contribution is -0.141. The fourth-order valence-electron chi connectivity index (χ4n) is 9.92. The molecule has 3 unspecified atom stereocenters. The van der Waals surface area contributed by atoms with Gasteiger partial charge in [0, 0.05) is 114 Å². The first kappa shape index (κ1) is 94.7. The Morgan fingerprint density at radius 2 is 0.699 bits per heavy atom. The van der Waals surface area contributed by atoms with Gasteiger partial charge in [-0.25, -0.2) is 0 Å². The Bertz CT molecular complexity index is 2330. The molecule has 103 heavy (non-hydrogen) atoms. The summed E-state index contributed by atoms with van der Waals surface area (Å²) in [4.78, 5) is 126. The van der Waals surface area contributed by atoms with E-state index in [1.807, 2.05) is 0 Å². The number of nitrogens with zero attached hydrogens (tertiary/aromatic N) is 2. The third kappa shape index (κ3) is 55.6. The van der Waals surface area contributed by atoms with Crippen LogP contribution >= 0.6 is 29.6 Å². The van der Waals surface area contributed by atoms with Gasteiger partial charge in [-0.05, 0) is 49.5 Å². The Labute approximate surface area is 618 Å². The van der Waals surface area contributed by atoms with Crippen LogP contribution in [0.2, 0.25) is 0 Å². The number of nitrogens with one attached hydrogen (secondary N) is 5. The van der Waals surface area contributed by atoms with Gasteiger partial charge in [0.1, 0.15) is 6.61 Å². The number of unbranched alkanes of at least 4 members (excludes halogenated alkanes) is 8. The van der Waals surface area contributed by atoms with E-state index in [1.54, 1.807) is 42.1 Å². The van der Waals surface area contributed by atoms with Gasteiger partial charge in [-0.1, -0.05) is 67.5 Å². The minimum Gasteiger partial charge on any atom is -0.379 e. The summed E-state index contributed by atoms with van der Waals surface area (Å²) in [7, 11) is 1.64. The largest absolute Gasteiger partial charge is 0.504 e. The minimum absolute atomic E-state index is 0.00284. The smallest absolute Gasteiger partial charge is 0.379 e. The molecule has 0 aromatic rings. The van der Waals surface area contributed by atoms with Crippen molar-refractivity contribution in [2.24, 2.45) is 11.8 Å². The van der Waals surface area contributed by atoms with E-state index in [0.717, 1.165) is 61.2 Å². The molecule has 594 valence electrons. The molecule has 9 amide bonds. The van der Waals surface area contributed by atoms with E-state index < -0.39 is 25.9 Å². The molecule has 31 nitrogen and oxygen atoms in total. The summed E-state index contributed by atoms with van der Waals surface area (Å²) in [5.41, 5.74) is 0. The molecule has 2 saturated heterocycles. The molecule has 2 rings (SSSR count). The number of amides is 9. The number of ether oxygens (including phenoxy) is 12. The van der Waals surface area contributed by atoms with Gasteiger partial charge in [-0.15, -0.1) is 4.52 Å². The molecule has 2 aliphatic rings. The predicted octanol–water partition coefficient (Wildman–Crippen LogP) is 4.29. The molecule has 2 heterocycles. The number of ketones is 1. The van der Waals surface area contributed by atoms with Crippen molar-refractivity contribution in [3.63, 3.8) is 0 Å². The monoisotopic (exact) mass is 1530 g/mol. The van der Waals surface area contributed by atoms with Crippen molar-refractivity contribution in [3.05, 3.63) is 0 Å². The van der Waals surface area contributed by atoms with Gasteiger partial charge in [0.25, 0.3) is 0 Å². The standard InChI is InChI=1S/C69H122N7O24PS2/c1-57-55-66(83)75(68(57)85)26-17-61(78)70-24-13-10-15-59(74-65(82)18-27-76-67(84)56-58(2)69(76)86)60(77)16-9-5-4-6-11-23-72-64(81)21-53-102-103-54-25-73-63(80)20-30-89-32-34-91-36-38-93-40-42-95-44-46-97-48-50-99-52-51-98-49-47-96-45-43-94-41-39-92-37-35-90-33-31-88-29-19-62(79)71-22-12-7-8-14-28-100-101(3)87/h57-59H,4-56H2,1-3H3,(H4-,70,71,72,73,74,78,79,80,81,82)/p+1/t57?,58?,59-/m0/s1. The number of hydrogen-bond donors (Lipinski definition) is 5. The summed E-state index contributed by atoms with van der Waals surface area (Å²) in [6.45, 7) is 17.7. The summed E-state index contributed by atoms with van der Waals surface area (Å²) in [5.74, 6) is -1.63. The maximum Gasteiger partial charge on any atom is 0.504 e. The van der Waals surface area contributed by atoms with Gasteiger partial charge in [0.05, 0.1) is 165 Å². The van der Waals surface area contributed by atoms with Crippen LogP contribution in [-0.4, -0.2) is 297 Å². The first-order valence-electron chi connectivity index (χ1n) is 36.9. The van der Waals surface area contributed by atoms with Crippen LogP contribution in [0, 0.1) is 11.8 Å². The first-order valence-corrected chi connectivity index (χ1v) is 41.0.